The predicted molar refractivity (Wildman–Crippen MR) is 126 cm³/mol. The number of nitrogens with two attached hydrogens (primary N) is 2. The van der Waals surface area contributed by atoms with E-state index in [0.717, 1.165) is 60.6 Å². The molecule has 0 bridgehead atoms. The van der Waals surface area contributed by atoms with Gasteiger partial charge in [0, 0.05) is 61.1 Å². The maximum Gasteiger partial charge on any atom is 0.147 e. The fraction of sp³-hybridized carbons (Fsp3) is 0.381. The summed E-state index contributed by atoms with van der Waals surface area (Å²) in [7, 11) is 0. The third-order valence-electron chi connectivity index (χ3n) is 6.38. The van der Waals surface area contributed by atoms with Crippen molar-refractivity contribution in [3.63, 3.8) is 0 Å². The lowest BCUT2D eigenvalue weighted by molar-refractivity contribution is 0.220. The molecule has 2 aliphatic rings. The number of nitrogen functional groups attached to an aromatic ring is 1. The number of halogens is 1. The first-order chi connectivity index (χ1) is 15.5. The molecule has 0 aliphatic carbocycles. The van der Waals surface area contributed by atoms with E-state index < -0.39 is 0 Å². The van der Waals surface area contributed by atoms with Gasteiger partial charge in [0.25, 0.3) is 0 Å². The Morgan fingerprint density at radius 1 is 0.969 bits per heavy atom. The lowest BCUT2D eigenvalue weighted by Gasteiger charge is -2.41. The standard InChI is InChI=1S/C21H24ClN9S/c22-19-14(1-4-27-20(19)24)32-18-11-28-17(10-29-18)30-7-2-21(3-8-30)13-31(12-15(21)23)16-9-25-5-6-26-16/h1,4-6,9-11,15H,2-3,7-8,12-13,23H2,(H2,24,27)/t15-/m1/s1. The van der Waals surface area contributed by atoms with E-state index in [1.165, 1.54) is 11.8 Å². The molecular weight excluding hydrogens is 446 g/mol. The second kappa shape index (κ2) is 8.68. The molecule has 5 heterocycles. The van der Waals surface area contributed by atoms with Gasteiger partial charge in [-0.05, 0) is 18.9 Å². The van der Waals surface area contributed by atoms with Gasteiger partial charge >= 0.3 is 0 Å². The number of nitrogens with zero attached hydrogens (tertiary/aromatic N) is 7. The van der Waals surface area contributed by atoms with Crippen LogP contribution in [0.1, 0.15) is 12.8 Å². The lowest BCUT2D eigenvalue weighted by Crippen LogP contribution is -2.49. The monoisotopic (exact) mass is 469 g/mol. The molecule has 11 heteroatoms. The maximum absolute atomic E-state index is 6.61. The quantitative estimate of drug-likeness (QED) is 0.588. The van der Waals surface area contributed by atoms with Crippen LogP contribution in [-0.2, 0) is 0 Å². The molecule has 0 aromatic carbocycles. The molecule has 1 spiro atoms. The van der Waals surface area contributed by atoms with Crippen molar-refractivity contribution in [2.75, 3.05) is 41.7 Å². The third kappa shape index (κ3) is 4.05. The van der Waals surface area contributed by atoms with Crippen molar-refractivity contribution in [1.29, 1.82) is 0 Å². The molecule has 0 radical (unpaired) electrons. The molecule has 2 saturated heterocycles. The highest BCUT2D eigenvalue weighted by Gasteiger charge is 2.47. The normalized spacial score (nSPS) is 20.1. The van der Waals surface area contributed by atoms with Gasteiger partial charge in [-0.15, -0.1) is 0 Å². The summed E-state index contributed by atoms with van der Waals surface area (Å²) in [6.45, 7) is 3.52. The zero-order valence-electron chi connectivity index (χ0n) is 17.4. The van der Waals surface area contributed by atoms with Crippen LogP contribution in [0, 0.1) is 5.41 Å². The zero-order valence-corrected chi connectivity index (χ0v) is 19.0. The average Bonchev–Trinajstić information content (AvgIpc) is 3.14. The molecule has 2 fully saturated rings. The Hall–Kier alpha value is -2.69. The van der Waals surface area contributed by atoms with Crippen LogP contribution in [0.2, 0.25) is 5.02 Å². The minimum Gasteiger partial charge on any atom is -0.382 e. The number of hydrogen-bond acceptors (Lipinski definition) is 10. The van der Waals surface area contributed by atoms with E-state index in [0.29, 0.717) is 10.8 Å². The summed E-state index contributed by atoms with van der Waals surface area (Å²) in [5.74, 6) is 2.09. The molecule has 3 aromatic heterocycles. The van der Waals surface area contributed by atoms with Gasteiger partial charge in [-0.3, -0.25) is 4.98 Å². The molecule has 0 amide bonds. The van der Waals surface area contributed by atoms with Gasteiger partial charge < -0.3 is 21.3 Å². The second-order valence-electron chi connectivity index (χ2n) is 8.22. The number of hydrogen-bond donors (Lipinski definition) is 2. The second-order valence-corrected chi connectivity index (χ2v) is 9.66. The summed E-state index contributed by atoms with van der Waals surface area (Å²) >= 11 is 7.65. The lowest BCUT2D eigenvalue weighted by atomic mass is 9.75. The smallest absolute Gasteiger partial charge is 0.147 e. The van der Waals surface area contributed by atoms with Gasteiger partial charge in [-0.25, -0.2) is 19.9 Å². The summed E-state index contributed by atoms with van der Waals surface area (Å²) < 4.78 is 0. The maximum atomic E-state index is 6.61. The molecule has 5 rings (SSSR count). The first-order valence-electron chi connectivity index (χ1n) is 10.5. The van der Waals surface area contributed by atoms with E-state index in [1.807, 2.05) is 18.5 Å². The van der Waals surface area contributed by atoms with Gasteiger partial charge in [0.2, 0.25) is 0 Å². The largest absolute Gasteiger partial charge is 0.382 e. The molecule has 1 atom stereocenters. The first kappa shape index (κ1) is 21.2. The van der Waals surface area contributed by atoms with Crippen LogP contribution in [0.4, 0.5) is 17.5 Å². The van der Waals surface area contributed by atoms with Gasteiger partial charge in [-0.1, -0.05) is 23.4 Å². The van der Waals surface area contributed by atoms with Crippen LogP contribution >= 0.6 is 23.4 Å². The number of pyridine rings is 1. The highest BCUT2D eigenvalue weighted by molar-refractivity contribution is 7.99. The summed E-state index contributed by atoms with van der Waals surface area (Å²) in [6.07, 6.45) is 12.5. The van der Waals surface area contributed by atoms with E-state index in [4.69, 9.17) is 23.1 Å². The number of piperidine rings is 1. The topological polar surface area (TPSA) is 123 Å². The van der Waals surface area contributed by atoms with Crippen molar-refractivity contribution in [1.82, 2.24) is 24.9 Å². The molecular formula is C21H24ClN9S. The van der Waals surface area contributed by atoms with Crippen LogP contribution in [0.5, 0.6) is 0 Å². The first-order valence-corrected chi connectivity index (χ1v) is 11.6. The van der Waals surface area contributed by atoms with Crippen molar-refractivity contribution in [2.45, 2.75) is 28.8 Å². The van der Waals surface area contributed by atoms with E-state index in [2.05, 4.69) is 34.7 Å². The molecule has 9 nitrogen and oxygen atoms in total. The van der Waals surface area contributed by atoms with Crippen molar-refractivity contribution >= 4 is 40.8 Å². The van der Waals surface area contributed by atoms with Gasteiger partial charge in [0.05, 0.1) is 23.6 Å². The Kier molecular flexibility index (Phi) is 5.75. The van der Waals surface area contributed by atoms with Gasteiger partial charge in [0.1, 0.15) is 22.5 Å². The van der Waals surface area contributed by atoms with E-state index in [-0.39, 0.29) is 11.5 Å². The Balaban J connectivity index is 1.22. The third-order valence-corrected chi connectivity index (χ3v) is 7.87. The van der Waals surface area contributed by atoms with Crippen molar-refractivity contribution in [3.8, 4) is 0 Å². The highest BCUT2D eigenvalue weighted by atomic mass is 35.5. The Labute approximate surface area is 195 Å². The summed E-state index contributed by atoms with van der Waals surface area (Å²) in [5, 5.41) is 1.19. The molecule has 0 unspecified atom stereocenters. The van der Waals surface area contributed by atoms with Crippen LogP contribution in [0.3, 0.4) is 0 Å². The number of aromatic nitrogens is 5. The fourth-order valence-electron chi connectivity index (χ4n) is 4.49. The Morgan fingerprint density at radius 2 is 1.78 bits per heavy atom. The Bertz CT molecular complexity index is 1070. The van der Waals surface area contributed by atoms with E-state index in [9.17, 15) is 0 Å². The van der Waals surface area contributed by atoms with Crippen LogP contribution in [-0.4, -0.2) is 57.1 Å². The molecule has 4 N–H and O–H groups in total. The van der Waals surface area contributed by atoms with E-state index in [1.54, 1.807) is 24.8 Å². The van der Waals surface area contributed by atoms with Crippen molar-refractivity contribution in [3.05, 3.63) is 48.3 Å². The van der Waals surface area contributed by atoms with Crippen LogP contribution < -0.4 is 21.3 Å². The number of anilines is 3. The van der Waals surface area contributed by atoms with Gasteiger partial charge in [0.15, 0.2) is 0 Å². The van der Waals surface area contributed by atoms with Crippen LogP contribution in [0.15, 0.2) is 53.2 Å². The van der Waals surface area contributed by atoms with Crippen molar-refractivity contribution < 1.29 is 0 Å². The summed E-state index contributed by atoms with van der Waals surface area (Å²) in [4.78, 5) is 27.2. The SMILES string of the molecule is Nc1nccc(Sc2cnc(N3CCC4(CC3)CN(c3cnccn3)C[C@H]4N)cn2)c1Cl. The summed E-state index contributed by atoms with van der Waals surface area (Å²) in [5.41, 5.74) is 12.5. The predicted octanol–water partition coefficient (Wildman–Crippen LogP) is 2.48. The highest BCUT2D eigenvalue weighted by Crippen LogP contribution is 2.41. The average molecular weight is 470 g/mol. The van der Waals surface area contributed by atoms with E-state index >= 15 is 0 Å². The molecule has 3 aromatic rings. The molecule has 2 aliphatic heterocycles. The zero-order chi connectivity index (χ0) is 22.1. The van der Waals surface area contributed by atoms with Gasteiger partial charge in [-0.2, -0.15) is 0 Å². The van der Waals surface area contributed by atoms with Crippen molar-refractivity contribution in [2.24, 2.45) is 11.1 Å². The van der Waals surface area contributed by atoms with Crippen LogP contribution in [0.25, 0.3) is 0 Å². The number of rotatable bonds is 4. The molecule has 32 heavy (non-hydrogen) atoms. The Morgan fingerprint density at radius 3 is 2.50 bits per heavy atom. The fourth-order valence-corrected chi connectivity index (χ4v) is 5.48. The minimum absolute atomic E-state index is 0.0925. The minimum atomic E-state index is 0.0925. The molecule has 166 valence electrons. The summed E-state index contributed by atoms with van der Waals surface area (Å²) in [6, 6.07) is 1.94. The molecule has 0 saturated carbocycles.